The first-order chi connectivity index (χ1) is 19.9. The van der Waals surface area contributed by atoms with Crippen molar-refractivity contribution in [3.8, 4) is 0 Å². The quantitative estimate of drug-likeness (QED) is 0.0979. The predicted octanol–water partition coefficient (Wildman–Crippen LogP) is 3.64. The summed E-state index contributed by atoms with van der Waals surface area (Å²) < 4.78 is 0. The smallest absolute Gasteiger partial charge is 0.326 e. The molecule has 1 heterocycles. The van der Waals surface area contributed by atoms with E-state index in [0.29, 0.717) is 25.8 Å². The van der Waals surface area contributed by atoms with E-state index in [9.17, 15) is 24.3 Å². The molecule has 0 aromatic heterocycles. The molecule has 41 heavy (non-hydrogen) atoms. The van der Waals surface area contributed by atoms with Gasteiger partial charge in [-0.3, -0.25) is 19.4 Å². The zero-order valence-corrected chi connectivity index (χ0v) is 25.1. The van der Waals surface area contributed by atoms with Crippen LogP contribution in [0.25, 0.3) is 0 Å². The van der Waals surface area contributed by atoms with Crippen LogP contribution in [0.1, 0.15) is 122 Å². The van der Waals surface area contributed by atoms with Crippen LogP contribution in [0, 0.1) is 0 Å². The second-order valence-electron chi connectivity index (χ2n) is 10.9. The number of nitrogens with one attached hydrogen (secondary N) is 3. The highest BCUT2D eigenvalue weighted by molar-refractivity contribution is 5.92. The van der Waals surface area contributed by atoms with E-state index in [4.69, 9.17) is 5.73 Å². The maximum atomic E-state index is 12.9. The average Bonchev–Trinajstić information content (AvgIpc) is 3.46. The lowest BCUT2D eigenvalue weighted by Crippen LogP contribution is -2.54. The molecule has 1 aliphatic rings. The molecule has 0 saturated carbocycles. The Morgan fingerprint density at radius 2 is 1.41 bits per heavy atom. The minimum Gasteiger partial charge on any atom is -0.480 e. The van der Waals surface area contributed by atoms with Crippen LogP contribution < -0.4 is 21.7 Å². The Labute approximate surface area is 246 Å². The van der Waals surface area contributed by atoms with Gasteiger partial charge in [-0.2, -0.15) is 0 Å². The molecule has 11 nitrogen and oxygen atoms in total. The van der Waals surface area contributed by atoms with Gasteiger partial charge in [0.25, 0.3) is 0 Å². The molecule has 0 saturated heterocycles. The second kappa shape index (κ2) is 23.8. The number of rotatable bonds is 26. The Kier molecular flexibility index (Phi) is 21.1. The third kappa shape index (κ3) is 19.0. The van der Waals surface area contributed by atoms with Crippen molar-refractivity contribution >= 4 is 36.2 Å². The van der Waals surface area contributed by atoms with E-state index in [1.54, 1.807) is 6.21 Å². The SMILES string of the molecule is CCCCCCCCCCCCCCCC(=O)NCC(=O)N[C@H](C[C@@H]1C=NC=N1)C(=O)N[C@H](CCCCN)C(=O)O. The van der Waals surface area contributed by atoms with Gasteiger partial charge in [0.2, 0.25) is 17.7 Å². The first kappa shape index (κ1) is 36.2. The van der Waals surface area contributed by atoms with E-state index >= 15 is 0 Å². The first-order valence-corrected chi connectivity index (χ1v) is 15.7. The molecule has 0 aromatic rings. The second-order valence-corrected chi connectivity index (χ2v) is 10.9. The Morgan fingerprint density at radius 1 is 0.805 bits per heavy atom. The van der Waals surface area contributed by atoms with Crippen LogP contribution >= 0.6 is 0 Å². The zero-order chi connectivity index (χ0) is 30.1. The van der Waals surface area contributed by atoms with Crippen molar-refractivity contribution in [1.29, 1.82) is 0 Å². The molecule has 0 radical (unpaired) electrons. The summed E-state index contributed by atoms with van der Waals surface area (Å²) in [6.07, 6.45) is 20.8. The highest BCUT2D eigenvalue weighted by Gasteiger charge is 2.28. The summed E-state index contributed by atoms with van der Waals surface area (Å²) in [5.41, 5.74) is 5.48. The fourth-order valence-electron chi connectivity index (χ4n) is 4.73. The monoisotopic (exact) mass is 578 g/mol. The van der Waals surface area contributed by atoms with Crippen molar-refractivity contribution in [2.75, 3.05) is 13.1 Å². The summed E-state index contributed by atoms with van der Waals surface area (Å²) in [5.74, 6) is -2.51. The molecule has 11 heteroatoms. The van der Waals surface area contributed by atoms with Crippen molar-refractivity contribution in [3.63, 3.8) is 0 Å². The third-order valence-electron chi connectivity index (χ3n) is 7.23. The number of aliphatic imine (C=N–C) groups is 2. The number of carboxylic acid groups (broad SMARTS) is 1. The summed E-state index contributed by atoms with van der Waals surface area (Å²) >= 11 is 0. The minimum absolute atomic E-state index is 0.125. The molecule has 0 spiro atoms. The average molecular weight is 579 g/mol. The van der Waals surface area contributed by atoms with Crippen LogP contribution in [-0.2, 0) is 19.2 Å². The third-order valence-corrected chi connectivity index (χ3v) is 7.23. The molecule has 3 atom stereocenters. The number of unbranched alkanes of at least 4 members (excludes halogenated alkanes) is 13. The van der Waals surface area contributed by atoms with Gasteiger partial charge in [-0.25, -0.2) is 9.79 Å². The summed E-state index contributed by atoms with van der Waals surface area (Å²) in [5, 5.41) is 17.2. The number of carbonyl (C=O) groups is 4. The van der Waals surface area contributed by atoms with E-state index in [2.05, 4.69) is 32.9 Å². The van der Waals surface area contributed by atoms with Gasteiger partial charge in [0.1, 0.15) is 18.4 Å². The molecule has 0 bridgehead atoms. The molecule has 0 fully saturated rings. The van der Waals surface area contributed by atoms with Gasteiger partial charge < -0.3 is 26.8 Å². The number of hydrogen-bond donors (Lipinski definition) is 5. The Hall–Kier alpha value is -2.82. The number of aliphatic carboxylic acids is 1. The van der Waals surface area contributed by atoms with Gasteiger partial charge in [-0.15, -0.1) is 0 Å². The lowest BCUT2D eigenvalue weighted by atomic mass is 10.0. The van der Waals surface area contributed by atoms with E-state index in [-0.39, 0.29) is 25.3 Å². The van der Waals surface area contributed by atoms with Gasteiger partial charge in [0, 0.05) is 19.1 Å². The largest absolute Gasteiger partial charge is 0.480 e. The number of nitrogens with zero attached hydrogens (tertiary/aromatic N) is 2. The lowest BCUT2D eigenvalue weighted by molar-refractivity contribution is -0.142. The Balaban J connectivity index is 2.29. The molecule has 0 aromatic carbocycles. The maximum Gasteiger partial charge on any atom is 0.326 e. The van der Waals surface area contributed by atoms with Crippen molar-refractivity contribution in [1.82, 2.24) is 16.0 Å². The number of carbonyl (C=O) groups excluding carboxylic acids is 3. The highest BCUT2D eigenvalue weighted by Crippen LogP contribution is 2.13. The number of hydrogen-bond acceptors (Lipinski definition) is 7. The number of nitrogens with two attached hydrogens (primary N) is 1. The molecular weight excluding hydrogens is 524 g/mol. The fraction of sp³-hybridized carbons (Fsp3) is 0.800. The molecule has 6 N–H and O–H groups in total. The van der Waals surface area contributed by atoms with Crippen LogP contribution in [0.3, 0.4) is 0 Å². The van der Waals surface area contributed by atoms with Crippen LogP contribution in [-0.4, -0.2) is 72.6 Å². The predicted molar refractivity (Wildman–Crippen MR) is 163 cm³/mol. The summed E-state index contributed by atoms with van der Waals surface area (Å²) in [6.45, 7) is 2.41. The van der Waals surface area contributed by atoms with E-state index in [1.807, 2.05) is 0 Å². The number of amides is 3. The van der Waals surface area contributed by atoms with Crippen molar-refractivity contribution in [2.45, 2.75) is 141 Å². The van der Waals surface area contributed by atoms with Crippen molar-refractivity contribution in [2.24, 2.45) is 15.7 Å². The first-order valence-electron chi connectivity index (χ1n) is 15.7. The zero-order valence-electron chi connectivity index (χ0n) is 25.1. The molecule has 1 rings (SSSR count). The maximum absolute atomic E-state index is 12.9. The van der Waals surface area contributed by atoms with Gasteiger partial charge in [-0.1, -0.05) is 84.0 Å². The van der Waals surface area contributed by atoms with Gasteiger partial charge in [-0.05, 0) is 32.2 Å². The van der Waals surface area contributed by atoms with Crippen LogP contribution in [0.2, 0.25) is 0 Å². The van der Waals surface area contributed by atoms with Gasteiger partial charge in [0.15, 0.2) is 0 Å². The summed E-state index contributed by atoms with van der Waals surface area (Å²) in [4.78, 5) is 57.3. The normalized spacial score (nSPS) is 15.4. The van der Waals surface area contributed by atoms with E-state index in [0.717, 1.165) is 19.3 Å². The van der Waals surface area contributed by atoms with Crippen molar-refractivity contribution in [3.05, 3.63) is 0 Å². The van der Waals surface area contributed by atoms with E-state index in [1.165, 1.54) is 70.5 Å². The fourth-order valence-corrected chi connectivity index (χ4v) is 4.73. The molecule has 0 unspecified atom stereocenters. The molecule has 3 amide bonds. The van der Waals surface area contributed by atoms with E-state index < -0.39 is 35.9 Å². The standard InChI is InChI=1S/C30H54N6O5/c1-2-3-4-5-6-7-8-9-10-11-12-13-14-18-27(37)33-22-28(38)35-26(20-24-21-32-23-34-24)29(39)36-25(30(40)41)17-15-16-19-31/h21,23-26H,2-20,22,31H2,1H3,(H,33,37)(H,35,38)(H,36,39)(H,40,41)/t24-,25-,26-/m1/s1. The van der Waals surface area contributed by atoms with Crippen LogP contribution in [0.5, 0.6) is 0 Å². The molecule has 234 valence electrons. The molecule has 0 aliphatic carbocycles. The summed E-state index contributed by atoms with van der Waals surface area (Å²) in [6, 6.07) is -2.52. The summed E-state index contributed by atoms with van der Waals surface area (Å²) in [7, 11) is 0. The number of carboxylic acids is 1. The topological polar surface area (TPSA) is 175 Å². The van der Waals surface area contributed by atoms with Gasteiger partial charge in [0.05, 0.1) is 12.6 Å². The van der Waals surface area contributed by atoms with Gasteiger partial charge >= 0.3 is 5.97 Å². The molecular formula is C30H54N6O5. The lowest BCUT2D eigenvalue weighted by Gasteiger charge is -2.22. The minimum atomic E-state index is -1.15. The Morgan fingerprint density at radius 3 is 1.95 bits per heavy atom. The highest BCUT2D eigenvalue weighted by atomic mass is 16.4. The van der Waals surface area contributed by atoms with Crippen molar-refractivity contribution < 1.29 is 24.3 Å². The molecule has 1 aliphatic heterocycles. The van der Waals surface area contributed by atoms with Crippen LogP contribution in [0.4, 0.5) is 0 Å². The Bertz CT molecular complexity index is 807. The van der Waals surface area contributed by atoms with Crippen LogP contribution in [0.15, 0.2) is 9.98 Å².